The Labute approximate surface area is 194 Å². The Kier molecular flexibility index (Phi) is 5.69. The minimum atomic E-state index is -0.560. The topological polar surface area (TPSA) is 99.4 Å². The zero-order chi connectivity index (χ0) is 23.3. The number of nitrogens with one attached hydrogen (secondary N) is 1. The summed E-state index contributed by atoms with van der Waals surface area (Å²) in [5.41, 5.74) is 0.235. The molecule has 0 spiro atoms. The van der Waals surface area contributed by atoms with E-state index in [-0.39, 0.29) is 17.4 Å². The third-order valence-corrected chi connectivity index (χ3v) is 5.02. The molecule has 0 aliphatic carbocycles. The van der Waals surface area contributed by atoms with E-state index in [9.17, 15) is 10.1 Å². The first-order chi connectivity index (χ1) is 16.7. The van der Waals surface area contributed by atoms with Crippen molar-refractivity contribution in [3.8, 4) is 23.1 Å². The number of ether oxygens (including phenoxy) is 2. The van der Waals surface area contributed by atoms with Gasteiger partial charge < -0.3 is 14.8 Å². The van der Waals surface area contributed by atoms with E-state index in [1.807, 2.05) is 66.7 Å². The van der Waals surface area contributed by atoms with Gasteiger partial charge in [-0.15, -0.1) is 0 Å². The van der Waals surface area contributed by atoms with Gasteiger partial charge >= 0.3 is 11.6 Å². The maximum Gasteiger partial charge on any atom is 0.373 e. The van der Waals surface area contributed by atoms with Gasteiger partial charge in [-0.3, -0.25) is 10.1 Å². The third kappa shape index (κ3) is 4.46. The van der Waals surface area contributed by atoms with Crippen LogP contribution < -0.4 is 14.8 Å². The van der Waals surface area contributed by atoms with Crippen LogP contribution in [-0.4, -0.2) is 14.9 Å². The Bertz CT molecular complexity index is 1450. The number of hydrogen-bond acceptors (Lipinski definition) is 7. The molecule has 0 atom stereocenters. The molecule has 0 unspecified atom stereocenters. The average molecular weight is 450 g/mol. The fourth-order valence-corrected chi connectivity index (χ4v) is 3.45. The Hall–Kier alpha value is -4.98. The monoisotopic (exact) mass is 450 g/mol. The van der Waals surface area contributed by atoms with Gasteiger partial charge in [0.15, 0.2) is 0 Å². The molecule has 5 aromatic rings. The number of fused-ring (bicyclic) bond motifs is 1. The lowest BCUT2D eigenvalue weighted by atomic mass is 10.1. The van der Waals surface area contributed by atoms with Gasteiger partial charge in [-0.05, 0) is 47.9 Å². The maximum absolute atomic E-state index is 11.9. The smallest absolute Gasteiger partial charge is 0.373 e. The van der Waals surface area contributed by atoms with E-state index in [0.29, 0.717) is 22.9 Å². The average Bonchev–Trinajstić information content (AvgIpc) is 2.86. The fourth-order valence-electron chi connectivity index (χ4n) is 3.45. The highest BCUT2D eigenvalue weighted by Gasteiger charge is 2.25. The van der Waals surface area contributed by atoms with Gasteiger partial charge in [0.2, 0.25) is 5.82 Å². The van der Waals surface area contributed by atoms with Crippen molar-refractivity contribution in [1.82, 2.24) is 9.97 Å². The van der Waals surface area contributed by atoms with Crippen LogP contribution in [-0.2, 0) is 0 Å². The lowest BCUT2D eigenvalue weighted by Gasteiger charge is -2.11. The number of hydrogen-bond donors (Lipinski definition) is 1. The summed E-state index contributed by atoms with van der Waals surface area (Å²) in [5.74, 6) is 1.68. The summed E-state index contributed by atoms with van der Waals surface area (Å²) in [6.45, 7) is 0. The summed E-state index contributed by atoms with van der Waals surface area (Å²) in [6.07, 6.45) is 1.22. The minimum absolute atomic E-state index is 0.0203. The zero-order valence-electron chi connectivity index (χ0n) is 17.8. The highest BCUT2D eigenvalue weighted by atomic mass is 16.6. The second kappa shape index (κ2) is 9.25. The molecule has 1 N–H and O–H groups in total. The number of anilines is 2. The molecule has 0 bridgehead atoms. The highest BCUT2D eigenvalue weighted by molar-refractivity contribution is 5.88. The van der Waals surface area contributed by atoms with Gasteiger partial charge in [0, 0.05) is 11.1 Å². The summed E-state index contributed by atoms with van der Waals surface area (Å²) in [4.78, 5) is 19.5. The van der Waals surface area contributed by atoms with Crippen molar-refractivity contribution in [2.75, 3.05) is 5.32 Å². The van der Waals surface area contributed by atoms with Gasteiger partial charge in [0.05, 0.1) is 4.92 Å². The molecule has 0 saturated heterocycles. The van der Waals surface area contributed by atoms with Gasteiger partial charge in [-0.2, -0.15) is 4.98 Å². The van der Waals surface area contributed by atoms with E-state index in [1.165, 1.54) is 6.33 Å². The second-order valence-corrected chi connectivity index (χ2v) is 7.28. The first-order valence-electron chi connectivity index (χ1n) is 10.4. The quantitative estimate of drug-likeness (QED) is 0.213. The van der Waals surface area contributed by atoms with Crippen molar-refractivity contribution in [2.45, 2.75) is 0 Å². The van der Waals surface area contributed by atoms with E-state index in [0.717, 1.165) is 10.8 Å². The molecule has 1 heterocycles. The number of nitrogens with zero attached hydrogens (tertiary/aromatic N) is 3. The molecule has 8 nitrogen and oxygen atoms in total. The third-order valence-electron chi connectivity index (χ3n) is 5.02. The van der Waals surface area contributed by atoms with E-state index < -0.39 is 4.92 Å². The first kappa shape index (κ1) is 20.9. The van der Waals surface area contributed by atoms with Gasteiger partial charge in [0.1, 0.15) is 23.6 Å². The van der Waals surface area contributed by atoms with Gasteiger partial charge in [0.25, 0.3) is 0 Å². The molecule has 0 amide bonds. The molecule has 0 aliphatic heterocycles. The molecular weight excluding hydrogens is 432 g/mol. The number of para-hydroxylation sites is 1. The van der Waals surface area contributed by atoms with Crippen molar-refractivity contribution in [2.24, 2.45) is 0 Å². The minimum Gasteiger partial charge on any atom is -0.457 e. The van der Waals surface area contributed by atoms with Crippen molar-refractivity contribution < 1.29 is 14.4 Å². The van der Waals surface area contributed by atoms with Gasteiger partial charge in [-0.25, -0.2) is 4.98 Å². The summed E-state index contributed by atoms with van der Waals surface area (Å²) < 4.78 is 11.7. The lowest BCUT2D eigenvalue weighted by molar-refractivity contribution is -0.385. The van der Waals surface area contributed by atoms with Crippen LogP contribution in [0, 0.1) is 10.1 Å². The molecule has 34 heavy (non-hydrogen) atoms. The second-order valence-electron chi connectivity index (χ2n) is 7.28. The van der Waals surface area contributed by atoms with E-state index in [2.05, 4.69) is 15.3 Å². The van der Waals surface area contributed by atoms with E-state index in [1.54, 1.807) is 30.3 Å². The number of aromatic nitrogens is 2. The highest BCUT2D eigenvalue weighted by Crippen LogP contribution is 2.37. The largest absolute Gasteiger partial charge is 0.457 e. The Morgan fingerprint density at radius 2 is 1.44 bits per heavy atom. The molecule has 0 fully saturated rings. The molecule has 8 heteroatoms. The Balaban J connectivity index is 1.41. The van der Waals surface area contributed by atoms with Crippen LogP contribution in [0.5, 0.6) is 23.1 Å². The van der Waals surface area contributed by atoms with Crippen LogP contribution in [0.25, 0.3) is 10.8 Å². The molecule has 0 saturated carbocycles. The molecule has 0 aliphatic rings. The normalized spacial score (nSPS) is 10.6. The lowest BCUT2D eigenvalue weighted by Crippen LogP contribution is -2.03. The van der Waals surface area contributed by atoms with Crippen LogP contribution in [0.3, 0.4) is 0 Å². The molecule has 1 aromatic heterocycles. The number of rotatable bonds is 7. The molecule has 166 valence electrons. The maximum atomic E-state index is 11.9. The number of benzene rings is 4. The Morgan fingerprint density at radius 3 is 2.24 bits per heavy atom. The predicted octanol–water partition coefficient (Wildman–Crippen LogP) is 6.87. The van der Waals surface area contributed by atoms with Crippen molar-refractivity contribution in [3.05, 3.63) is 114 Å². The zero-order valence-corrected chi connectivity index (χ0v) is 17.8. The van der Waals surface area contributed by atoms with E-state index in [4.69, 9.17) is 9.47 Å². The molecule has 5 rings (SSSR count). The SMILES string of the molecule is O=[N+]([O-])c1c(Nc2ccc(Oc3ccccc3)cc2)ncnc1Oc1cccc2ccccc12. The van der Waals surface area contributed by atoms with Crippen LogP contribution in [0.2, 0.25) is 0 Å². The van der Waals surface area contributed by atoms with E-state index >= 15 is 0 Å². The van der Waals surface area contributed by atoms with Crippen molar-refractivity contribution in [1.29, 1.82) is 0 Å². The van der Waals surface area contributed by atoms with Crippen LogP contribution in [0.15, 0.2) is 103 Å². The van der Waals surface area contributed by atoms with Crippen molar-refractivity contribution in [3.63, 3.8) is 0 Å². The summed E-state index contributed by atoms with van der Waals surface area (Å²) in [6, 6.07) is 29.5. The van der Waals surface area contributed by atoms with Gasteiger partial charge in [-0.1, -0.05) is 54.6 Å². The Morgan fingerprint density at radius 1 is 0.735 bits per heavy atom. The molecular formula is C26H18N4O4. The summed E-state index contributed by atoms with van der Waals surface area (Å²) in [5, 5.41) is 16.7. The number of nitro groups is 1. The predicted molar refractivity (Wildman–Crippen MR) is 129 cm³/mol. The summed E-state index contributed by atoms with van der Waals surface area (Å²) >= 11 is 0. The standard InChI is InChI=1S/C26H18N4O4/c31-30(32)24-25(29-19-13-15-21(16-14-19)33-20-9-2-1-3-10-20)27-17-28-26(24)34-23-12-6-8-18-7-4-5-11-22(18)23/h1-17H,(H,27,28,29). The first-order valence-corrected chi connectivity index (χ1v) is 10.4. The fraction of sp³-hybridized carbons (Fsp3) is 0. The molecule has 4 aromatic carbocycles. The molecule has 0 radical (unpaired) electrons. The van der Waals surface area contributed by atoms with Crippen LogP contribution >= 0.6 is 0 Å². The summed E-state index contributed by atoms with van der Waals surface area (Å²) in [7, 11) is 0. The van der Waals surface area contributed by atoms with Crippen LogP contribution in [0.4, 0.5) is 17.2 Å². The van der Waals surface area contributed by atoms with Crippen LogP contribution in [0.1, 0.15) is 0 Å². The van der Waals surface area contributed by atoms with Crippen molar-refractivity contribution >= 4 is 28.0 Å².